The van der Waals surface area contributed by atoms with E-state index < -0.39 is 0 Å². The maximum Gasteiger partial charge on any atom is -0.00856 e. The van der Waals surface area contributed by atoms with Gasteiger partial charge in [0.25, 0.3) is 0 Å². The molecule has 0 heteroatoms. The molecule has 0 radical (unpaired) electrons. The predicted molar refractivity (Wildman–Crippen MR) is 62.3 cm³/mol. The summed E-state index contributed by atoms with van der Waals surface area (Å²) in [5, 5.41) is 0. The quantitative estimate of drug-likeness (QED) is 0.528. The topological polar surface area (TPSA) is 0 Å². The summed E-state index contributed by atoms with van der Waals surface area (Å²) in [6, 6.07) is 0. The van der Waals surface area contributed by atoms with Crippen LogP contribution < -0.4 is 0 Å². The third-order valence-corrected chi connectivity index (χ3v) is 4.83. The van der Waals surface area contributed by atoms with Gasteiger partial charge in [-0.1, -0.05) is 31.4 Å². The second-order valence-corrected chi connectivity index (χ2v) is 5.53. The maximum atomic E-state index is 2.54. The summed E-state index contributed by atoms with van der Waals surface area (Å²) < 4.78 is 0. The van der Waals surface area contributed by atoms with Gasteiger partial charge in [0, 0.05) is 0 Å². The first kappa shape index (κ1) is 10.3. The van der Waals surface area contributed by atoms with E-state index in [0.29, 0.717) is 5.41 Å². The van der Waals surface area contributed by atoms with Gasteiger partial charge >= 0.3 is 0 Å². The fraction of sp³-hybridized carbons (Fsp3) is 0.857. The SMILES string of the molecule is CC[C@H]1CCCC2=C(C)CCCC21C. The Kier molecular flexibility index (Phi) is 2.72. The minimum absolute atomic E-state index is 0.593. The number of rotatable bonds is 1. The van der Waals surface area contributed by atoms with Gasteiger partial charge in [-0.25, -0.2) is 0 Å². The summed E-state index contributed by atoms with van der Waals surface area (Å²) in [6.45, 7) is 7.30. The molecule has 0 heterocycles. The Morgan fingerprint density at radius 1 is 1.29 bits per heavy atom. The van der Waals surface area contributed by atoms with Crippen LogP contribution in [0.25, 0.3) is 0 Å². The highest BCUT2D eigenvalue weighted by Crippen LogP contribution is 2.53. The van der Waals surface area contributed by atoms with Crippen molar-refractivity contribution in [3.63, 3.8) is 0 Å². The molecule has 0 aromatic carbocycles. The van der Waals surface area contributed by atoms with Crippen molar-refractivity contribution >= 4 is 0 Å². The van der Waals surface area contributed by atoms with Crippen LogP contribution in [0.4, 0.5) is 0 Å². The number of hydrogen-bond donors (Lipinski definition) is 0. The molecule has 80 valence electrons. The van der Waals surface area contributed by atoms with E-state index in [1.807, 2.05) is 5.57 Å². The summed E-state index contributed by atoms with van der Waals surface area (Å²) in [5.41, 5.74) is 4.17. The van der Waals surface area contributed by atoms with E-state index in [4.69, 9.17) is 0 Å². The predicted octanol–water partition coefficient (Wildman–Crippen LogP) is 4.70. The summed E-state index contributed by atoms with van der Waals surface area (Å²) in [7, 11) is 0. The van der Waals surface area contributed by atoms with Crippen molar-refractivity contribution in [2.75, 3.05) is 0 Å². The maximum absolute atomic E-state index is 2.54. The van der Waals surface area contributed by atoms with E-state index in [0.717, 1.165) is 5.92 Å². The lowest BCUT2D eigenvalue weighted by atomic mass is 9.58. The zero-order valence-corrected chi connectivity index (χ0v) is 10.0. The lowest BCUT2D eigenvalue weighted by molar-refractivity contribution is 0.149. The van der Waals surface area contributed by atoms with Gasteiger partial charge in [-0.15, -0.1) is 0 Å². The van der Waals surface area contributed by atoms with Crippen LogP contribution in [-0.4, -0.2) is 0 Å². The molecule has 0 N–H and O–H groups in total. The Bertz CT molecular complexity index is 249. The third kappa shape index (κ3) is 1.43. The normalized spacial score (nSPS) is 38.4. The molecule has 0 amide bonds. The summed E-state index contributed by atoms with van der Waals surface area (Å²) >= 11 is 0. The Balaban J connectivity index is 2.34. The van der Waals surface area contributed by atoms with E-state index >= 15 is 0 Å². The van der Waals surface area contributed by atoms with Crippen LogP contribution in [0.15, 0.2) is 11.1 Å². The number of fused-ring (bicyclic) bond motifs is 1. The molecule has 2 rings (SSSR count). The molecule has 1 unspecified atom stereocenters. The van der Waals surface area contributed by atoms with Gasteiger partial charge in [0.2, 0.25) is 0 Å². The van der Waals surface area contributed by atoms with Gasteiger partial charge in [-0.2, -0.15) is 0 Å². The largest absolute Gasteiger partial charge is 0.0736 e. The fourth-order valence-corrected chi connectivity index (χ4v) is 3.96. The summed E-state index contributed by atoms with van der Waals surface area (Å²) in [4.78, 5) is 0. The van der Waals surface area contributed by atoms with Crippen LogP contribution >= 0.6 is 0 Å². The van der Waals surface area contributed by atoms with Crippen molar-refractivity contribution in [3.8, 4) is 0 Å². The lowest BCUT2D eigenvalue weighted by Gasteiger charge is -2.47. The van der Waals surface area contributed by atoms with Crippen LogP contribution in [0.3, 0.4) is 0 Å². The average molecular weight is 192 g/mol. The van der Waals surface area contributed by atoms with E-state index in [9.17, 15) is 0 Å². The fourth-order valence-electron chi connectivity index (χ4n) is 3.96. The molecule has 2 aliphatic carbocycles. The second kappa shape index (κ2) is 3.72. The zero-order chi connectivity index (χ0) is 10.2. The van der Waals surface area contributed by atoms with E-state index in [1.54, 1.807) is 5.57 Å². The Hall–Kier alpha value is -0.260. The molecule has 2 atom stereocenters. The van der Waals surface area contributed by atoms with Crippen LogP contribution in [0.5, 0.6) is 0 Å². The molecular weight excluding hydrogens is 168 g/mol. The van der Waals surface area contributed by atoms with Crippen LogP contribution in [0.1, 0.15) is 65.7 Å². The van der Waals surface area contributed by atoms with E-state index in [2.05, 4.69) is 20.8 Å². The van der Waals surface area contributed by atoms with Crippen molar-refractivity contribution in [3.05, 3.63) is 11.1 Å². The van der Waals surface area contributed by atoms with Crippen LogP contribution in [0, 0.1) is 11.3 Å². The number of hydrogen-bond acceptors (Lipinski definition) is 0. The first-order valence-electron chi connectivity index (χ1n) is 6.37. The van der Waals surface area contributed by atoms with Gasteiger partial charge < -0.3 is 0 Å². The molecule has 0 aromatic rings. The van der Waals surface area contributed by atoms with Gasteiger partial charge in [0.1, 0.15) is 0 Å². The first-order chi connectivity index (χ1) is 6.68. The minimum Gasteiger partial charge on any atom is -0.0736 e. The smallest absolute Gasteiger partial charge is 0.00856 e. The molecule has 0 saturated heterocycles. The minimum atomic E-state index is 0.593. The molecule has 0 aliphatic heterocycles. The molecule has 0 nitrogen and oxygen atoms in total. The van der Waals surface area contributed by atoms with Crippen molar-refractivity contribution in [1.82, 2.24) is 0 Å². The summed E-state index contributed by atoms with van der Waals surface area (Å²) in [6.07, 6.45) is 9.97. The van der Waals surface area contributed by atoms with Gasteiger partial charge in [-0.05, 0) is 56.8 Å². The molecule has 0 bridgehead atoms. The monoisotopic (exact) mass is 192 g/mol. The molecule has 2 aliphatic rings. The van der Waals surface area contributed by atoms with Gasteiger partial charge in [0.15, 0.2) is 0 Å². The van der Waals surface area contributed by atoms with Crippen molar-refractivity contribution in [2.24, 2.45) is 11.3 Å². The zero-order valence-electron chi connectivity index (χ0n) is 10.0. The van der Waals surface area contributed by atoms with Crippen LogP contribution in [0.2, 0.25) is 0 Å². The van der Waals surface area contributed by atoms with E-state index in [1.165, 1.54) is 44.9 Å². The third-order valence-electron chi connectivity index (χ3n) is 4.83. The molecule has 1 saturated carbocycles. The standard InChI is InChI=1S/C14H24/c1-4-12-8-5-9-13-11(2)7-6-10-14(12,13)3/h12H,4-10H2,1-3H3/t12-,14?/m0/s1. The highest BCUT2D eigenvalue weighted by atomic mass is 14.5. The van der Waals surface area contributed by atoms with Crippen LogP contribution in [-0.2, 0) is 0 Å². The van der Waals surface area contributed by atoms with Crippen molar-refractivity contribution in [2.45, 2.75) is 65.7 Å². The molecule has 1 fully saturated rings. The number of allylic oxidation sites excluding steroid dienone is 2. The Labute approximate surface area is 88.8 Å². The van der Waals surface area contributed by atoms with E-state index in [-0.39, 0.29) is 0 Å². The molecule has 0 aromatic heterocycles. The highest BCUT2D eigenvalue weighted by molar-refractivity contribution is 5.26. The highest BCUT2D eigenvalue weighted by Gasteiger charge is 2.40. The molecule has 14 heavy (non-hydrogen) atoms. The average Bonchev–Trinajstić information content (AvgIpc) is 2.17. The van der Waals surface area contributed by atoms with Gasteiger partial charge in [-0.3, -0.25) is 0 Å². The lowest BCUT2D eigenvalue weighted by Crippen LogP contribution is -2.35. The van der Waals surface area contributed by atoms with Crippen molar-refractivity contribution < 1.29 is 0 Å². The Morgan fingerprint density at radius 2 is 2.07 bits per heavy atom. The molecule has 0 spiro atoms. The van der Waals surface area contributed by atoms with Gasteiger partial charge in [0.05, 0.1) is 0 Å². The second-order valence-electron chi connectivity index (χ2n) is 5.53. The summed E-state index contributed by atoms with van der Waals surface area (Å²) in [5.74, 6) is 0.974. The Morgan fingerprint density at radius 3 is 2.79 bits per heavy atom. The van der Waals surface area contributed by atoms with Crippen molar-refractivity contribution in [1.29, 1.82) is 0 Å². The molecular formula is C14H24. The first-order valence-corrected chi connectivity index (χ1v) is 6.37.